The van der Waals surface area contributed by atoms with Gasteiger partial charge in [0.15, 0.2) is 0 Å². The highest BCUT2D eigenvalue weighted by Crippen LogP contribution is 2.45. The van der Waals surface area contributed by atoms with Crippen LogP contribution in [0.2, 0.25) is 0 Å². The SMILES string of the molecule is CC(=O)OC1CCC(C)(O)C2OC(CC1(C)O)C(C(C)C)C2OC(=O)/C=C/c1ccccc1. The Morgan fingerprint density at radius 3 is 2.39 bits per heavy atom. The molecule has 7 unspecified atom stereocenters. The van der Waals surface area contributed by atoms with Crippen molar-refractivity contribution in [3.8, 4) is 0 Å². The molecule has 1 aromatic carbocycles. The van der Waals surface area contributed by atoms with Crippen LogP contribution in [-0.2, 0) is 23.8 Å². The van der Waals surface area contributed by atoms with Gasteiger partial charge in [-0.1, -0.05) is 44.2 Å². The zero-order chi connectivity index (χ0) is 24.4. The lowest BCUT2D eigenvalue weighted by molar-refractivity contribution is -0.167. The normalized spacial score (nSPS) is 36.8. The van der Waals surface area contributed by atoms with Crippen molar-refractivity contribution in [2.24, 2.45) is 11.8 Å². The number of benzene rings is 1. The first-order chi connectivity index (χ1) is 15.4. The maximum Gasteiger partial charge on any atom is 0.331 e. The molecule has 0 radical (unpaired) electrons. The van der Waals surface area contributed by atoms with E-state index in [1.807, 2.05) is 44.2 Å². The summed E-state index contributed by atoms with van der Waals surface area (Å²) in [7, 11) is 0. The van der Waals surface area contributed by atoms with Crippen LogP contribution in [-0.4, -0.2) is 57.8 Å². The largest absolute Gasteiger partial charge is 0.460 e. The van der Waals surface area contributed by atoms with Crippen molar-refractivity contribution in [1.82, 2.24) is 0 Å². The number of carbonyl (C=O) groups is 2. The molecule has 2 fully saturated rings. The van der Waals surface area contributed by atoms with E-state index in [4.69, 9.17) is 14.2 Å². The Morgan fingerprint density at radius 2 is 1.79 bits per heavy atom. The van der Waals surface area contributed by atoms with Gasteiger partial charge in [0.2, 0.25) is 0 Å². The molecule has 2 aliphatic heterocycles. The average Bonchev–Trinajstić information content (AvgIpc) is 3.08. The average molecular weight is 461 g/mol. The maximum atomic E-state index is 12.7. The molecular formula is C26H36O7. The van der Waals surface area contributed by atoms with E-state index in [9.17, 15) is 19.8 Å². The van der Waals surface area contributed by atoms with Gasteiger partial charge in [-0.25, -0.2) is 4.79 Å². The molecule has 2 N–H and O–H groups in total. The molecule has 2 bridgehead atoms. The first kappa shape index (κ1) is 25.4. The van der Waals surface area contributed by atoms with Gasteiger partial charge in [-0.05, 0) is 44.2 Å². The van der Waals surface area contributed by atoms with Crippen LogP contribution in [0.3, 0.4) is 0 Å². The van der Waals surface area contributed by atoms with Crippen molar-refractivity contribution in [2.45, 2.75) is 89.5 Å². The molecule has 7 atom stereocenters. The molecule has 0 aliphatic carbocycles. The van der Waals surface area contributed by atoms with Crippen LogP contribution in [0.25, 0.3) is 6.08 Å². The van der Waals surface area contributed by atoms with E-state index in [-0.39, 0.29) is 31.1 Å². The van der Waals surface area contributed by atoms with Crippen LogP contribution in [0.15, 0.2) is 36.4 Å². The second kappa shape index (κ2) is 9.95. The van der Waals surface area contributed by atoms with Crippen molar-refractivity contribution >= 4 is 18.0 Å². The van der Waals surface area contributed by atoms with Gasteiger partial charge in [0.25, 0.3) is 0 Å². The fraction of sp³-hybridized carbons (Fsp3) is 0.615. The number of aliphatic hydroxyl groups is 2. The molecule has 1 aromatic rings. The Morgan fingerprint density at radius 1 is 1.12 bits per heavy atom. The third-order valence-electron chi connectivity index (χ3n) is 6.80. The third kappa shape index (κ3) is 6.02. The van der Waals surface area contributed by atoms with Gasteiger partial charge in [0, 0.05) is 25.3 Å². The number of hydrogen-bond donors (Lipinski definition) is 2. The highest BCUT2D eigenvalue weighted by molar-refractivity contribution is 5.87. The molecule has 33 heavy (non-hydrogen) atoms. The fourth-order valence-electron chi connectivity index (χ4n) is 5.11. The Hall–Kier alpha value is -2.22. The predicted octanol–water partition coefficient (Wildman–Crippen LogP) is 3.27. The van der Waals surface area contributed by atoms with E-state index >= 15 is 0 Å². The molecule has 0 amide bonds. The van der Waals surface area contributed by atoms with Crippen molar-refractivity contribution in [2.75, 3.05) is 0 Å². The van der Waals surface area contributed by atoms with Gasteiger partial charge in [0.1, 0.15) is 23.9 Å². The lowest BCUT2D eigenvalue weighted by atomic mass is 9.75. The zero-order valence-corrected chi connectivity index (χ0v) is 20.1. The number of fused-ring (bicyclic) bond motifs is 2. The van der Waals surface area contributed by atoms with Gasteiger partial charge in [0.05, 0.1) is 11.7 Å². The van der Waals surface area contributed by atoms with E-state index in [1.54, 1.807) is 19.9 Å². The van der Waals surface area contributed by atoms with E-state index in [1.165, 1.54) is 13.0 Å². The summed E-state index contributed by atoms with van der Waals surface area (Å²) in [4.78, 5) is 24.4. The predicted molar refractivity (Wildman–Crippen MR) is 123 cm³/mol. The molecule has 2 heterocycles. The minimum atomic E-state index is -1.36. The third-order valence-corrected chi connectivity index (χ3v) is 6.80. The minimum Gasteiger partial charge on any atom is -0.460 e. The lowest BCUT2D eigenvalue weighted by Gasteiger charge is -2.38. The van der Waals surface area contributed by atoms with Crippen LogP contribution in [0.1, 0.15) is 59.4 Å². The molecule has 0 aromatic heterocycles. The highest BCUT2D eigenvalue weighted by Gasteiger charge is 2.57. The Balaban J connectivity index is 1.87. The number of esters is 2. The van der Waals surface area contributed by atoms with Crippen LogP contribution in [0.5, 0.6) is 0 Å². The van der Waals surface area contributed by atoms with E-state index in [0.717, 1.165) is 5.56 Å². The van der Waals surface area contributed by atoms with Crippen molar-refractivity contribution in [3.63, 3.8) is 0 Å². The maximum absolute atomic E-state index is 12.7. The second-order valence-electron chi connectivity index (χ2n) is 10.1. The van der Waals surface area contributed by atoms with Gasteiger partial charge in [-0.3, -0.25) is 4.79 Å². The fourth-order valence-corrected chi connectivity index (χ4v) is 5.11. The van der Waals surface area contributed by atoms with Crippen LogP contribution >= 0.6 is 0 Å². The summed E-state index contributed by atoms with van der Waals surface area (Å²) in [5.74, 6) is -1.20. The molecule has 0 saturated carbocycles. The van der Waals surface area contributed by atoms with Crippen LogP contribution in [0, 0.1) is 11.8 Å². The Kier molecular flexibility index (Phi) is 7.66. The van der Waals surface area contributed by atoms with Crippen molar-refractivity contribution in [1.29, 1.82) is 0 Å². The molecule has 182 valence electrons. The smallest absolute Gasteiger partial charge is 0.331 e. The number of ether oxygens (including phenoxy) is 3. The van der Waals surface area contributed by atoms with Crippen LogP contribution in [0.4, 0.5) is 0 Å². The van der Waals surface area contributed by atoms with E-state index in [2.05, 4.69) is 0 Å². The quantitative estimate of drug-likeness (QED) is 0.514. The standard InChI is InChI=1S/C26H36O7/c1-16(2)22-19-15-26(5,30)20(31-17(3)27)13-14-25(4,29)24(32-19)23(22)33-21(28)12-11-18-9-7-6-8-10-18/h6-12,16,19-20,22-24,29-30H,13-15H2,1-5H3/b12-11+. The number of hydrogen-bond acceptors (Lipinski definition) is 7. The molecule has 2 aliphatic rings. The summed E-state index contributed by atoms with van der Waals surface area (Å²) >= 11 is 0. The van der Waals surface area contributed by atoms with Gasteiger partial charge in [-0.2, -0.15) is 0 Å². The van der Waals surface area contributed by atoms with E-state index < -0.39 is 47.6 Å². The highest BCUT2D eigenvalue weighted by atomic mass is 16.6. The van der Waals surface area contributed by atoms with Crippen molar-refractivity contribution < 1.29 is 34.0 Å². The Bertz CT molecular complexity index is 859. The Labute approximate surface area is 195 Å². The lowest BCUT2D eigenvalue weighted by Crippen LogP contribution is -2.51. The van der Waals surface area contributed by atoms with Crippen LogP contribution < -0.4 is 0 Å². The molecular weight excluding hydrogens is 424 g/mol. The number of carbonyl (C=O) groups excluding carboxylic acids is 2. The van der Waals surface area contributed by atoms with Gasteiger partial charge >= 0.3 is 11.9 Å². The molecule has 3 rings (SSSR count). The summed E-state index contributed by atoms with van der Waals surface area (Å²) in [5, 5.41) is 22.6. The summed E-state index contributed by atoms with van der Waals surface area (Å²) in [5.41, 5.74) is -1.84. The topological polar surface area (TPSA) is 102 Å². The monoisotopic (exact) mass is 460 g/mol. The second-order valence-corrected chi connectivity index (χ2v) is 10.1. The summed E-state index contributed by atoms with van der Waals surface area (Å²) < 4.78 is 17.6. The summed E-state index contributed by atoms with van der Waals surface area (Å²) in [6, 6.07) is 9.44. The molecule has 7 nitrogen and oxygen atoms in total. The van der Waals surface area contributed by atoms with E-state index in [0.29, 0.717) is 0 Å². The summed E-state index contributed by atoms with van der Waals surface area (Å²) in [6.45, 7) is 8.58. The molecule has 0 spiro atoms. The summed E-state index contributed by atoms with van der Waals surface area (Å²) in [6.07, 6.45) is 1.01. The van der Waals surface area contributed by atoms with Gasteiger partial charge < -0.3 is 24.4 Å². The van der Waals surface area contributed by atoms with Crippen molar-refractivity contribution in [3.05, 3.63) is 42.0 Å². The number of rotatable bonds is 5. The first-order valence-corrected chi connectivity index (χ1v) is 11.6. The molecule has 7 heteroatoms. The zero-order valence-electron chi connectivity index (χ0n) is 20.1. The minimum absolute atomic E-state index is 0.0501. The molecule has 2 saturated heterocycles. The first-order valence-electron chi connectivity index (χ1n) is 11.6. The van der Waals surface area contributed by atoms with Gasteiger partial charge in [-0.15, -0.1) is 0 Å².